The predicted molar refractivity (Wildman–Crippen MR) is 257 cm³/mol. The summed E-state index contributed by atoms with van der Waals surface area (Å²) < 4.78 is 28.6. The molecule has 0 unspecified atom stereocenters. The molecule has 5 aromatic carbocycles. The number of hydrogen-bond donors (Lipinski definition) is 0. The molecule has 4 aliphatic heterocycles. The largest absolute Gasteiger partial charge is 0.490 e. The van der Waals surface area contributed by atoms with E-state index < -0.39 is 0 Å². The SMILES string of the molecule is Cc1cc(C(C)(C)C)cc(C)c1N1c2cc3c(cc2B2c4sc5ccc(C(C)(C)C)cc5c4N(c4c(C)cc5c(c4C)OCCCO5)c4cc(C(C)C)cc1c42)OCCCO3. The van der Waals surface area contributed by atoms with Gasteiger partial charge >= 0.3 is 0 Å². The highest BCUT2D eigenvalue weighted by atomic mass is 32.1. The molecule has 4 aliphatic rings. The van der Waals surface area contributed by atoms with Gasteiger partial charge in [0.15, 0.2) is 23.0 Å². The second-order valence-corrected chi connectivity index (χ2v) is 21.3. The lowest BCUT2D eigenvalue weighted by Crippen LogP contribution is -2.60. The quantitative estimate of drug-likeness (QED) is 0.165. The molecule has 0 amide bonds. The minimum atomic E-state index is -0.0492. The fourth-order valence-corrected chi connectivity index (χ4v) is 11.4. The van der Waals surface area contributed by atoms with E-state index in [1.165, 1.54) is 76.4 Å². The van der Waals surface area contributed by atoms with Crippen LogP contribution in [0.2, 0.25) is 0 Å². The van der Waals surface area contributed by atoms with Gasteiger partial charge in [0.1, 0.15) is 0 Å². The second-order valence-electron chi connectivity index (χ2n) is 20.2. The third kappa shape index (κ3) is 6.33. The van der Waals surface area contributed by atoms with Gasteiger partial charge in [-0.25, -0.2) is 0 Å². The molecule has 1 aromatic heterocycles. The monoisotopic (exact) mass is 830 g/mol. The molecule has 0 saturated carbocycles. The molecule has 8 heteroatoms. The van der Waals surface area contributed by atoms with E-state index in [4.69, 9.17) is 18.9 Å². The molecule has 0 N–H and O–H groups in total. The first-order chi connectivity index (χ1) is 29.0. The Morgan fingerprint density at radius 1 is 0.590 bits per heavy atom. The van der Waals surface area contributed by atoms with Gasteiger partial charge in [-0.3, -0.25) is 0 Å². The first-order valence-corrected chi connectivity index (χ1v) is 23.1. The Balaban J connectivity index is 1.36. The van der Waals surface area contributed by atoms with Gasteiger partial charge in [-0.2, -0.15) is 0 Å². The second kappa shape index (κ2) is 14.2. The normalized spacial score (nSPS) is 15.7. The number of thiophene rings is 1. The summed E-state index contributed by atoms with van der Waals surface area (Å²) in [6.07, 6.45) is 1.71. The number of aryl methyl sites for hydroxylation is 3. The van der Waals surface area contributed by atoms with Crippen molar-refractivity contribution in [3.8, 4) is 23.0 Å². The molecule has 6 nitrogen and oxygen atoms in total. The number of ether oxygens (including phenoxy) is 4. The molecule has 5 heterocycles. The van der Waals surface area contributed by atoms with Crippen LogP contribution in [0.4, 0.5) is 34.1 Å². The summed E-state index contributed by atoms with van der Waals surface area (Å²) in [6.45, 7) is 30.1. The number of anilines is 6. The maximum Gasteiger partial charge on any atom is 0.264 e. The molecular formula is C53H59BN2O4S. The Bertz CT molecular complexity index is 2770. The van der Waals surface area contributed by atoms with Crippen LogP contribution >= 0.6 is 11.3 Å². The highest BCUT2D eigenvalue weighted by Gasteiger charge is 2.47. The third-order valence-electron chi connectivity index (χ3n) is 13.3. The lowest BCUT2D eigenvalue weighted by molar-refractivity contribution is 0.296. The Hall–Kier alpha value is -5.08. The van der Waals surface area contributed by atoms with Crippen LogP contribution in [0.3, 0.4) is 0 Å². The summed E-state index contributed by atoms with van der Waals surface area (Å²) >= 11 is 1.94. The van der Waals surface area contributed by atoms with Crippen molar-refractivity contribution in [1.82, 2.24) is 0 Å². The first kappa shape index (κ1) is 40.0. The highest BCUT2D eigenvalue weighted by molar-refractivity contribution is 7.33. The third-order valence-corrected chi connectivity index (χ3v) is 14.5. The Kier molecular flexibility index (Phi) is 9.34. The summed E-state index contributed by atoms with van der Waals surface area (Å²) in [4.78, 5) is 5.19. The smallest absolute Gasteiger partial charge is 0.264 e. The van der Waals surface area contributed by atoms with Crippen LogP contribution in [0.1, 0.15) is 113 Å². The van der Waals surface area contributed by atoms with E-state index in [9.17, 15) is 0 Å². The Morgan fingerprint density at radius 3 is 1.82 bits per heavy atom. The predicted octanol–water partition coefficient (Wildman–Crippen LogP) is 12.3. The van der Waals surface area contributed by atoms with Gasteiger partial charge in [-0.05, 0) is 125 Å². The minimum absolute atomic E-state index is 0.0154. The molecule has 10 rings (SSSR count). The maximum atomic E-state index is 6.57. The van der Waals surface area contributed by atoms with Crippen molar-refractivity contribution in [3.63, 3.8) is 0 Å². The highest BCUT2D eigenvalue weighted by Crippen LogP contribution is 2.54. The van der Waals surface area contributed by atoms with E-state index in [-0.39, 0.29) is 23.5 Å². The van der Waals surface area contributed by atoms with Crippen LogP contribution in [-0.2, 0) is 10.8 Å². The molecule has 0 radical (unpaired) electrons. The average Bonchev–Trinajstić information content (AvgIpc) is 3.31. The van der Waals surface area contributed by atoms with Crippen LogP contribution < -0.4 is 44.4 Å². The van der Waals surface area contributed by atoms with Gasteiger partial charge in [-0.15, -0.1) is 11.3 Å². The molecule has 0 atom stereocenters. The van der Waals surface area contributed by atoms with Crippen LogP contribution in [0, 0.1) is 27.7 Å². The van der Waals surface area contributed by atoms with Crippen LogP contribution in [-0.4, -0.2) is 33.1 Å². The van der Waals surface area contributed by atoms with Gasteiger partial charge in [0.2, 0.25) is 0 Å². The van der Waals surface area contributed by atoms with Crippen molar-refractivity contribution in [2.45, 2.75) is 113 Å². The van der Waals surface area contributed by atoms with E-state index >= 15 is 0 Å². The molecular weight excluding hydrogens is 771 g/mol. The van der Waals surface area contributed by atoms with Gasteiger partial charge in [0.05, 0.1) is 43.5 Å². The van der Waals surface area contributed by atoms with Crippen molar-refractivity contribution in [2.24, 2.45) is 0 Å². The molecule has 0 fully saturated rings. The number of fused-ring (bicyclic) bond motifs is 8. The van der Waals surface area contributed by atoms with Crippen molar-refractivity contribution >= 4 is 78.0 Å². The summed E-state index contributed by atoms with van der Waals surface area (Å²) in [5.74, 6) is 3.60. The number of benzene rings is 5. The van der Waals surface area contributed by atoms with Gasteiger partial charge in [-0.1, -0.05) is 73.6 Å². The topological polar surface area (TPSA) is 43.4 Å². The van der Waals surface area contributed by atoms with Crippen LogP contribution in [0.15, 0.2) is 60.7 Å². The lowest BCUT2D eigenvalue weighted by atomic mass is 9.36. The zero-order valence-corrected chi connectivity index (χ0v) is 38.9. The fourth-order valence-electron chi connectivity index (χ4n) is 10.1. The Labute approximate surface area is 366 Å². The molecule has 0 bridgehead atoms. The molecule has 314 valence electrons. The van der Waals surface area contributed by atoms with Gasteiger partial charge in [0, 0.05) is 56.4 Å². The number of rotatable bonds is 3. The summed E-state index contributed by atoms with van der Waals surface area (Å²) in [7, 11) is 0. The molecule has 0 saturated heterocycles. The lowest BCUT2D eigenvalue weighted by Gasteiger charge is -2.45. The standard InChI is InChI=1S/C53H59BN2O4S/c1-29(2)34-24-40-46-41(25-34)56(48-32(5)23-44-50(33(48)6)60-20-14-19-59-44)49-37-26-35(52(7,8)9)15-16-45(37)61-51(49)54(46)38-27-42-43(58-18-13-17-57-42)28-39(38)55(40)47-30(3)21-36(22-31(47)4)53(10,11)12/h15-16,21-29H,13-14,17-20H2,1-12H3. The van der Waals surface area contributed by atoms with Crippen LogP contribution in [0.25, 0.3) is 10.1 Å². The summed E-state index contributed by atoms with van der Waals surface area (Å²) in [5.41, 5.74) is 18.5. The zero-order chi connectivity index (χ0) is 42.9. The van der Waals surface area contributed by atoms with Gasteiger partial charge in [0.25, 0.3) is 6.71 Å². The fraction of sp³-hybridized carbons (Fsp3) is 0.396. The summed E-state index contributed by atoms with van der Waals surface area (Å²) in [5, 5.41) is 1.28. The van der Waals surface area contributed by atoms with E-state index in [0.717, 1.165) is 58.3 Å². The van der Waals surface area contributed by atoms with E-state index in [0.29, 0.717) is 26.4 Å². The van der Waals surface area contributed by atoms with Crippen molar-refractivity contribution in [3.05, 3.63) is 99.6 Å². The van der Waals surface area contributed by atoms with E-state index in [2.05, 4.69) is 154 Å². The zero-order valence-electron chi connectivity index (χ0n) is 38.1. The molecule has 6 aromatic rings. The van der Waals surface area contributed by atoms with Crippen molar-refractivity contribution < 1.29 is 18.9 Å². The van der Waals surface area contributed by atoms with Crippen LogP contribution in [0.5, 0.6) is 23.0 Å². The number of hydrogen-bond acceptors (Lipinski definition) is 7. The number of nitrogens with zero attached hydrogens (tertiary/aromatic N) is 2. The average molecular weight is 831 g/mol. The maximum absolute atomic E-state index is 6.57. The van der Waals surface area contributed by atoms with E-state index in [1.54, 1.807) is 0 Å². The van der Waals surface area contributed by atoms with Crippen molar-refractivity contribution in [2.75, 3.05) is 36.2 Å². The van der Waals surface area contributed by atoms with Crippen molar-refractivity contribution in [1.29, 1.82) is 0 Å². The van der Waals surface area contributed by atoms with Gasteiger partial charge < -0.3 is 28.7 Å². The minimum Gasteiger partial charge on any atom is -0.490 e. The molecule has 0 spiro atoms. The van der Waals surface area contributed by atoms with E-state index in [1.807, 2.05) is 11.3 Å². The Morgan fingerprint density at radius 2 is 1.18 bits per heavy atom. The molecule has 61 heavy (non-hydrogen) atoms. The molecule has 0 aliphatic carbocycles. The first-order valence-electron chi connectivity index (χ1n) is 22.3. The summed E-state index contributed by atoms with van der Waals surface area (Å²) in [6, 6.07) is 23.8.